The van der Waals surface area contributed by atoms with Gasteiger partial charge < -0.3 is 26.8 Å². The van der Waals surface area contributed by atoms with Gasteiger partial charge in [0.1, 0.15) is 0 Å². The van der Waals surface area contributed by atoms with E-state index in [4.69, 9.17) is 21.6 Å². The third-order valence-corrected chi connectivity index (χ3v) is 5.58. The molecule has 0 aliphatic rings. The Labute approximate surface area is 190 Å². The predicted octanol–water partition coefficient (Wildman–Crippen LogP) is -0.764. The number of carbonyl (C=O) groups is 3. The molecule has 1 amide bonds. The molecular formula is C20H24N6O6S. The number of benzene rings is 2. The molecular weight excluding hydrogens is 452 g/mol. The predicted molar refractivity (Wildman–Crippen MR) is 118 cm³/mol. The van der Waals surface area contributed by atoms with Gasteiger partial charge in [-0.3, -0.25) is 15.0 Å². The van der Waals surface area contributed by atoms with E-state index in [1.54, 1.807) is 6.07 Å². The molecule has 0 aromatic heterocycles. The summed E-state index contributed by atoms with van der Waals surface area (Å²) in [5.74, 6) is -3.03. The summed E-state index contributed by atoms with van der Waals surface area (Å²) < 4.78 is 31.4. The number of hydrogen-bond donors (Lipinski definition) is 6. The fourth-order valence-corrected chi connectivity index (χ4v) is 3.75. The van der Waals surface area contributed by atoms with Crippen LogP contribution in [-0.4, -0.2) is 51.5 Å². The zero-order valence-corrected chi connectivity index (χ0v) is 18.2. The van der Waals surface area contributed by atoms with Crippen molar-refractivity contribution in [3.63, 3.8) is 0 Å². The van der Waals surface area contributed by atoms with E-state index in [2.05, 4.69) is 15.4 Å². The Morgan fingerprint density at radius 2 is 1.52 bits per heavy atom. The Kier molecular flexibility index (Phi) is 9.03. The second-order valence-electron chi connectivity index (χ2n) is 6.65. The van der Waals surface area contributed by atoms with Gasteiger partial charge in [-0.15, -0.1) is 0 Å². The highest BCUT2D eigenvalue weighted by atomic mass is 32.2. The molecule has 8 N–H and O–H groups in total. The monoisotopic (exact) mass is 476 g/mol. The van der Waals surface area contributed by atoms with Crippen LogP contribution in [0.1, 0.15) is 27.1 Å². The second kappa shape index (κ2) is 11.7. The molecule has 0 spiro atoms. The average Bonchev–Trinajstić information content (AvgIpc) is 2.76. The molecule has 0 saturated carbocycles. The number of sulfonamides is 1. The van der Waals surface area contributed by atoms with Crippen LogP contribution >= 0.6 is 0 Å². The van der Waals surface area contributed by atoms with Gasteiger partial charge in [0.2, 0.25) is 10.0 Å². The third-order valence-electron chi connectivity index (χ3n) is 4.07. The first-order chi connectivity index (χ1) is 15.6. The van der Waals surface area contributed by atoms with Gasteiger partial charge in [0.05, 0.1) is 28.6 Å². The van der Waals surface area contributed by atoms with E-state index >= 15 is 0 Å². The summed E-state index contributed by atoms with van der Waals surface area (Å²) >= 11 is 0. The van der Waals surface area contributed by atoms with Crippen molar-refractivity contribution in [3.05, 3.63) is 65.7 Å². The highest BCUT2D eigenvalue weighted by Crippen LogP contribution is 2.12. The number of amides is 1. The molecule has 1 atom stereocenters. The Balaban J connectivity index is 1.96. The third kappa shape index (κ3) is 7.99. The summed E-state index contributed by atoms with van der Waals surface area (Å²) in [6.45, 7) is 0.320. The number of guanidine groups is 1. The van der Waals surface area contributed by atoms with Crippen molar-refractivity contribution in [3.8, 4) is 0 Å². The number of nitrogens with two attached hydrogens (primary N) is 2. The summed E-state index contributed by atoms with van der Waals surface area (Å²) in [6.07, 6.45) is -1.97. The van der Waals surface area contributed by atoms with Crippen molar-refractivity contribution in [2.75, 3.05) is 13.1 Å². The molecule has 2 aromatic rings. The second-order valence-corrected chi connectivity index (χ2v) is 8.36. The van der Waals surface area contributed by atoms with Crippen LogP contribution in [0.25, 0.3) is 0 Å². The van der Waals surface area contributed by atoms with Gasteiger partial charge >= 0.3 is 11.9 Å². The minimum atomic E-state index is -3.97. The van der Waals surface area contributed by atoms with E-state index in [0.29, 0.717) is 0 Å². The van der Waals surface area contributed by atoms with Gasteiger partial charge in [0.25, 0.3) is 5.91 Å². The molecule has 33 heavy (non-hydrogen) atoms. The van der Waals surface area contributed by atoms with Gasteiger partial charge in [0.15, 0.2) is 5.96 Å². The van der Waals surface area contributed by atoms with Crippen molar-refractivity contribution in [2.24, 2.45) is 11.5 Å². The maximum atomic E-state index is 12.4. The van der Waals surface area contributed by atoms with Crippen LogP contribution in [0, 0.1) is 5.41 Å². The first-order valence-corrected chi connectivity index (χ1v) is 11.1. The minimum absolute atomic E-state index is 0.0350. The summed E-state index contributed by atoms with van der Waals surface area (Å²) in [4.78, 5) is 36.9. The van der Waals surface area contributed by atoms with E-state index in [0.717, 1.165) is 0 Å². The summed E-state index contributed by atoms with van der Waals surface area (Å²) in [5.41, 5.74) is 10.6. The molecule has 0 fully saturated rings. The van der Waals surface area contributed by atoms with Crippen LogP contribution in [0.15, 0.2) is 59.5 Å². The molecule has 176 valence electrons. The topological polar surface area (TPSA) is 207 Å². The van der Waals surface area contributed by atoms with Gasteiger partial charge in [-0.1, -0.05) is 30.3 Å². The lowest BCUT2D eigenvalue weighted by atomic mass is 10.1. The molecule has 0 unspecified atom stereocenters. The Bertz CT molecular complexity index is 1120. The maximum Gasteiger partial charge on any atom is 0.346 e. The number of hydrogen-bond acceptors (Lipinski definition) is 8. The van der Waals surface area contributed by atoms with Gasteiger partial charge in [-0.2, -0.15) is 4.72 Å². The van der Waals surface area contributed by atoms with Gasteiger partial charge in [-0.25, -0.2) is 13.2 Å². The fourth-order valence-electron chi connectivity index (χ4n) is 2.62. The lowest BCUT2D eigenvalue weighted by Crippen LogP contribution is -2.43. The molecule has 0 bridgehead atoms. The molecule has 0 saturated heterocycles. The van der Waals surface area contributed by atoms with Crippen molar-refractivity contribution in [1.29, 1.82) is 5.41 Å². The average molecular weight is 477 g/mol. The minimum Gasteiger partial charge on any atom is -0.389 e. The van der Waals surface area contributed by atoms with Crippen molar-refractivity contribution in [1.82, 2.24) is 15.4 Å². The zero-order valence-electron chi connectivity index (χ0n) is 17.4. The van der Waals surface area contributed by atoms with Crippen LogP contribution in [0.4, 0.5) is 0 Å². The molecule has 0 aliphatic carbocycles. The smallest absolute Gasteiger partial charge is 0.346 e. The van der Waals surface area contributed by atoms with E-state index in [9.17, 15) is 22.8 Å². The van der Waals surface area contributed by atoms with Crippen LogP contribution in [0.3, 0.4) is 0 Å². The molecule has 0 aliphatic heterocycles. The first kappa shape index (κ1) is 25.5. The summed E-state index contributed by atoms with van der Waals surface area (Å²) in [7, 11) is -3.97. The fraction of sp³-hybridized carbons (Fsp3) is 0.200. The van der Waals surface area contributed by atoms with Crippen molar-refractivity contribution < 1.29 is 27.5 Å². The molecule has 12 nitrogen and oxygen atoms in total. The van der Waals surface area contributed by atoms with Crippen molar-refractivity contribution in [2.45, 2.75) is 17.5 Å². The zero-order chi connectivity index (χ0) is 24.4. The lowest BCUT2D eigenvalue weighted by molar-refractivity contribution is -0.138. The van der Waals surface area contributed by atoms with Crippen molar-refractivity contribution >= 4 is 33.8 Å². The van der Waals surface area contributed by atoms with Gasteiger partial charge in [0, 0.05) is 13.1 Å². The van der Waals surface area contributed by atoms with E-state index in [-0.39, 0.29) is 35.1 Å². The Hall–Kier alpha value is -3.81. The normalized spacial score (nSPS) is 11.8. The maximum absolute atomic E-state index is 12.4. The van der Waals surface area contributed by atoms with Crippen LogP contribution in [-0.2, 0) is 19.6 Å². The molecule has 0 radical (unpaired) electrons. The number of carbonyl (C=O) groups excluding carboxylic acids is 3. The van der Waals surface area contributed by atoms with Crippen LogP contribution < -0.4 is 26.8 Å². The molecule has 2 aromatic carbocycles. The molecule has 13 heteroatoms. The Morgan fingerprint density at radius 1 is 0.939 bits per heavy atom. The molecule has 2 rings (SSSR count). The largest absolute Gasteiger partial charge is 0.389 e. The highest BCUT2D eigenvalue weighted by Gasteiger charge is 2.23. The van der Waals surface area contributed by atoms with E-state index < -0.39 is 40.5 Å². The van der Waals surface area contributed by atoms with E-state index in [1.165, 1.54) is 48.5 Å². The van der Waals surface area contributed by atoms with Crippen LogP contribution in [0.2, 0.25) is 0 Å². The number of ether oxygens (including phenoxy) is 1. The summed E-state index contributed by atoms with van der Waals surface area (Å²) in [5, 5.41) is 12.1. The number of rotatable bonds is 10. The first-order valence-electron chi connectivity index (χ1n) is 9.63. The number of nitrogens with one attached hydrogen (secondary N) is 4. The standard InChI is InChI=1S/C20H24N6O6S/c21-16(26-33(30,31)13-6-2-1-3-7-13)12-17(27)32-19(29)15-9-5-4-8-14(15)18(28)24-10-11-25-20(22)23/h1-9,16,26H,10-12,21H2,(H,24,28)(H4,22,23,25)/t16-/m0/s1. The van der Waals surface area contributed by atoms with Gasteiger partial charge in [-0.05, 0) is 24.3 Å². The molecule has 0 heterocycles. The highest BCUT2D eigenvalue weighted by molar-refractivity contribution is 7.89. The summed E-state index contributed by atoms with van der Waals surface area (Å²) in [6, 6.07) is 13.1. The quantitative estimate of drug-likeness (QED) is 0.0635. The number of esters is 2. The Morgan fingerprint density at radius 3 is 2.15 bits per heavy atom. The SMILES string of the molecule is N=C(N)NCCNC(=O)c1ccccc1C(=O)OC(=O)C[C@@H](N)NS(=O)(=O)c1ccccc1. The lowest BCUT2D eigenvalue weighted by Gasteiger charge is -2.14. The van der Waals surface area contributed by atoms with E-state index in [1.807, 2.05) is 0 Å². The van der Waals surface area contributed by atoms with Crippen LogP contribution in [0.5, 0.6) is 0 Å².